The van der Waals surface area contributed by atoms with Gasteiger partial charge in [-0.2, -0.15) is 0 Å². The second-order valence-corrected chi connectivity index (χ2v) is 7.32. The van der Waals surface area contributed by atoms with Crippen molar-refractivity contribution in [1.29, 1.82) is 0 Å². The maximum Gasteiger partial charge on any atom is 0.237 e. The Hall–Kier alpha value is -0.610. The maximum absolute atomic E-state index is 11.7. The van der Waals surface area contributed by atoms with Crippen LogP contribution in [0.5, 0.6) is 0 Å². The van der Waals surface area contributed by atoms with E-state index in [0.29, 0.717) is 12.1 Å². The highest BCUT2D eigenvalue weighted by Crippen LogP contribution is 2.23. The van der Waals surface area contributed by atoms with Gasteiger partial charge in [-0.1, -0.05) is 6.42 Å². The number of likely N-dealkylation sites (tertiary alicyclic amines) is 1. The lowest BCUT2D eigenvalue weighted by molar-refractivity contribution is -0.124. The van der Waals surface area contributed by atoms with Crippen LogP contribution >= 0.6 is 0 Å². The van der Waals surface area contributed by atoms with E-state index in [0.717, 1.165) is 25.8 Å². The predicted molar refractivity (Wildman–Crippen MR) is 89.2 cm³/mol. The summed E-state index contributed by atoms with van der Waals surface area (Å²) in [5, 5.41) is 3.32. The summed E-state index contributed by atoms with van der Waals surface area (Å²) in [5.41, 5.74) is 5.00. The van der Waals surface area contributed by atoms with Crippen molar-refractivity contribution in [2.75, 3.05) is 6.54 Å². The number of rotatable bonds is 8. The van der Waals surface area contributed by atoms with Gasteiger partial charge in [-0.05, 0) is 73.3 Å². The molecule has 4 nitrogen and oxygen atoms in total. The molecule has 0 aromatic heterocycles. The molecule has 3 atom stereocenters. The topological polar surface area (TPSA) is 58.4 Å². The van der Waals surface area contributed by atoms with Crippen LogP contribution in [0.3, 0.4) is 0 Å². The van der Waals surface area contributed by atoms with Crippen LogP contribution in [-0.4, -0.2) is 41.0 Å². The first-order chi connectivity index (χ1) is 9.76. The van der Waals surface area contributed by atoms with Crippen molar-refractivity contribution < 1.29 is 4.79 Å². The van der Waals surface area contributed by atoms with Crippen LogP contribution in [0.4, 0.5) is 0 Å². The zero-order valence-electron chi connectivity index (χ0n) is 14.6. The minimum Gasteiger partial charge on any atom is -0.368 e. The van der Waals surface area contributed by atoms with Gasteiger partial charge in [0.2, 0.25) is 5.91 Å². The van der Waals surface area contributed by atoms with Crippen molar-refractivity contribution >= 4 is 5.91 Å². The number of amides is 1. The fraction of sp³-hybridized carbons (Fsp3) is 0.941. The van der Waals surface area contributed by atoms with Crippen LogP contribution in [0.15, 0.2) is 0 Å². The van der Waals surface area contributed by atoms with E-state index in [1.807, 2.05) is 6.92 Å². The van der Waals surface area contributed by atoms with Gasteiger partial charge in [0.15, 0.2) is 0 Å². The fourth-order valence-corrected chi connectivity index (χ4v) is 3.59. The Morgan fingerprint density at radius 1 is 1.29 bits per heavy atom. The molecule has 3 unspecified atom stereocenters. The number of nitrogens with two attached hydrogens (primary N) is 1. The van der Waals surface area contributed by atoms with Crippen LogP contribution < -0.4 is 11.1 Å². The number of carbonyl (C=O) groups excluding carboxylic acids is 1. The molecule has 0 bridgehead atoms. The van der Waals surface area contributed by atoms with Crippen molar-refractivity contribution in [3.63, 3.8) is 0 Å². The Bertz CT molecular complexity index is 322. The molecule has 1 amide bonds. The second-order valence-electron chi connectivity index (χ2n) is 7.32. The second kappa shape index (κ2) is 8.14. The van der Waals surface area contributed by atoms with E-state index in [2.05, 4.69) is 37.9 Å². The van der Waals surface area contributed by atoms with E-state index in [4.69, 9.17) is 5.73 Å². The van der Waals surface area contributed by atoms with Crippen LogP contribution in [0.1, 0.15) is 73.1 Å². The standard InChI is InChI=1S/C17H35N3O/c1-13(2)19-17(5,16(18)21)11-6-7-12-20-14(3)9-8-10-15(20)4/h13-15,19H,6-12H2,1-5H3,(H2,18,21). The van der Waals surface area contributed by atoms with Gasteiger partial charge < -0.3 is 11.1 Å². The number of nitrogens with zero attached hydrogens (tertiary/aromatic N) is 1. The van der Waals surface area contributed by atoms with Gasteiger partial charge in [-0.3, -0.25) is 9.69 Å². The van der Waals surface area contributed by atoms with Gasteiger partial charge in [0.1, 0.15) is 0 Å². The number of carbonyl (C=O) groups is 1. The highest BCUT2D eigenvalue weighted by molar-refractivity contribution is 5.84. The van der Waals surface area contributed by atoms with Crippen molar-refractivity contribution in [2.24, 2.45) is 5.73 Å². The molecule has 0 aromatic rings. The summed E-state index contributed by atoms with van der Waals surface area (Å²) in [6.45, 7) is 11.9. The molecule has 21 heavy (non-hydrogen) atoms. The van der Waals surface area contributed by atoms with Gasteiger partial charge in [0, 0.05) is 18.1 Å². The van der Waals surface area contributed by atoms with Crippen LogP contribution in [-0.2, 0) is 4.79 Å². The first-order valence-corrected chi connectivity index (χ1v) is 8.59. The van der Waals surface area contributed by atoms with Gasteiger partial charge in [0.05, 0.1) is 5.54 Å². The summed E-state index contributed by atoms with van der Waals surface area (Å²) in [5.74, 6) is -0.240. The third-order valence-electron chi connectivity index (χ3n) is 4.87. The maximum atomic E-state index is 11.7. The normalized spacial score (nSPS) is 26.8. The molecule has 0 aromatic carbocycles. The van der Waals surface area contributed by atoms with Gasteiger partial charge >= 0.3 is 0 Å². The average Bonchev–Trinajstić information content (AvgIpc) is 2.36. The van der Waals surface area contributed by atoms with Gasteiger partial charge in [0.25, 0.3) is 0 Å². The Labute approximate surface area is 130 Å². The molecule has 0 radical (unpaired) electrons. The largest absolute Gasteiger partial charge is 0.368 e. The lowest BCUT2D eigenvalue weighted by Gasteiger charge is -2.39. The molecular weight excluding hydrogens is 262 g/mol. The van der Waals surface area contributed by atoms with Gasteiger partial charge in [-0.25, -0.2) is 0 Å². The monoisotopic (exact) mass is 297 g/mol. The lowest BCUT2D eigenvalue weighted by atomic mass is 9.92. The third kappa shape index (κ3) is 5.59. The Balaban J connectivity index is 2.39. The minimum absolute atomic E-state index is 0.240. The van der Waals surface area contributed by atoms with Crippen molar-refractivity contribution in [1.82, 2.24) is 10.2 Å². The molecule has 1 heterocycles. The number of hydrogen-bond donors (Lipinski definition) is 2. The molecule has 4 heteroatoms. The Kier molecular flexibility index (Phi) is 7.14. The van der Waals surface area contributed by atoms with E-state index in [-0.39, 0.29) is 11.9 Å². The van der Waals surface area contributed by atoms with Crippen molar-refractivity contribution in [3.8, 4) is 0 Å². The smallest absolute Gasteiger partial charge is 0.237 e. The lowest BCUT2D eigenvalue weighted by Crippen LogP contribution is -2.55. The minimum atomic E-state index is -0.576. The molecular formula is C17H35N3O. The van der Waals surface area contributed by atoms with Crippen LogP contribution in [0, 0.1) is 0 Å². The molecule has 124 valence electrons. The third-order valence-corrected chi connectivity index (χ3v) is 4.87. The fourth-order valence-electron chi connectivity index (χ4n) is 3.59. The molecule has 0 aliphatic carbocycles. The summed E-state index contributed by atoms with van der Waals surface area (Å²) in [4.78, 5) is 14.3. The summed E-state index contributed by atoms with van der Waals surface area (Å²) >= 11 is 0. The van der Waals surface area contributed by atoms with Crippen LogP contribution in [0.25, 0.3) is 0 Å². The molecule has 1 aliphatic heterocycles. The summed E-state index contributed by atoms with van der Waals surface area (Å²) < 4.78 is 0. The van der Waals surface area contributed by atoms with E-state index in [9.17, 15) is 4.79 Å². The quantitative estimate of drug-likeness (QED) is 0.677. The van der Waals surface area contributed by atoms with Crippen molar-refractivity contribution in [2.45, 2.75) is 96.8 Å². The van der Waals surface area contributed by atoms with E-state index in [1.165, 1.54) is 19.3 Å². The number of unbranched alkanes of at least 4 members (excludes halogenated alkanes) is 1. The Morgan fingerprint density at radius 2 is 1.86 bits per heavy atom. The highest BCUT2D eigenvalue weighted by Gasteiger charge is 2.31. The number of hydrogen-bond acceptors (Lipinski definition) is 3. The SMILES string of the molecule is CC(C)NC(C)(CCCCN1C(C)CCCC1C)C(N)=O. The molecule has 0 spiro atoms. The molecule has 0 saturated carbocycles. The summed E-state index contributed by atoms with van der Waals surface area (Å²) in [6, 6.07) is 1.67. The first kappa shape index (κ1) is 18.4. The summed E-state index contributed by atoms with van der Waals surface area (Å²) in [6.07, 6.45) is 6.98. The van der Waals surface area contributed by atoms with Gasteiger partial charge in [-0.15, -0.1) is 0 Å². The zero-order chi connectivity index (χ0) is 16.0. The molecule has 1 aliphatic rings. The number of primary amides is 1. The van der Waals surface area contributed by atoms with Crippen LogP contribution in [0.2, 0.25) is 0 Å². The first-order valence-electron chi connectivity index (χ1n) is 8.59. The molecule has 1 saturated heterocycles. The molecule has 1 fully saturated rings. The Morgan fingerprint density at radius 3 is 2.33 bits per heavy atom. The van der Waals surface area contributed by atoms with E-state index in [1.54, 1.807) is 0 Å². The van der Waals surface area contributed by atoms with E-state index >= 15 is 0 Å². The zero-order valence-corrected chi connectivity index (χ0v) is 14.6. The molecule has 3 N–H and O–H groups in total. The number of piperidine rings is 1. The van der Waals surface area contributed by atoms with Crippen molar-refractivity contribution in [3.05, 3.63) is 0 Å². The molecule has 1 rings (SSSR count). The predicted octanol–water partition coefficient (Wildman–Crippen LogP) is 2.66. The number of nitrogens with one attached hydrogen (secondary N) is 1. The van der Waals surface area contributed by atoms with E-state index < -0.39 is 5.54 Å². The average molecular weight is 297 g/mol. The summed E-state index contributed by atoms with van der Waals surface area (Å²) in [7, 11) is 0. The highest BCUT2D eigenvalue weighted by atomic mass is 16.1.